The minimum absolute atomic E-state index is 0.0681. The zero-order valence-corrected chi connectivity index (χ0v) is 19.6. The average molecular weight is 447 g/mol. The zero-order valence-electron chi connectivity index (χ0n) is 19.6. The maximum absolute atomic E-state index is 12.4. The number of H-pyrrole nitrogens is 1. The zero-order chi connectivity index (χ0) is 22.9. The lowest BCUT2D eigenvalue weighted by Gasteiger charge is -2.26. The van der Waals surface area contributed by atoms with Gasteiger partial charge in [-0.25, -0.2) is 4.98 Å². The fraction of sp³-hybridized carbons (Fsp3) is 0.444. The molecule has 0 amide bonds. The molecule has 0 aliphatic carbocycles. The average Bonchev–Trinajstić information content (AvgIpc) is 2.83. The first-order valence-electron chi connectivity index (χ1n) is 12.1. The molecule has 3 aromatic rings. The fourth-order valence-corrected chi connectivity index (χ4v) is 4.19. The molecule has 1 saturated heterocycles. The van der Waals surface area contributed by atoms with Crippen LogP contribution in [0.15, 0.2) is 53.6 Å². The van der Waals surface area contributed by atoms with E-state index in [1.54, 1.807) is 6.20 Å². The summed E-state index contributed by atoms with van der Waals surface area (Å²) in [6, 6.07) is 12.4. The summed E-state index contributed by atoms with van der Waals surface area (Å²) in [6.45, 7) is 6.07. The van der Waals surface area contributed by atoms with Gasteiger partial charge in [-0.2, -0.15) is 0 Å². The summed E-state index contributed by atoms with van der Waals surface area (Å²) in [5, 5.41) is 0. The topological polar surface area (TPSA) is 71.1 Å². The number of ether oxygens (including phenoxy) is 1. The van der Waals surface area contributed by atoms with E-state index >= 15 is 0 Å². The maximum atomic E-state index is 12.4. The number of hydrogen-bond donors (Lipinski definition) is 1. The number of aromatic nitrogens is 3. The van der Waals surface area contributed by atoms with Crippen LogP contribution in [0.3, 0.4) is 0 Å². The standard InChI is InChI=1S/C27H34N4O2/c1-21-8-9-23(18-28-21)17-24-19-29-26(30-27(24)32)7-3-6-16-33-25-12-10-22(11-13-25)20-31-14-4-2-5-15-31/h8-13,18-19H,2-7,14-17,20H2,1H3,(H,29,30,32). The van der Waals surface area contributed by atoms with Crippen molar-refractivity contribution in [2.24, 2.45) is 0 Å². The van der Waals surface area contributed by atoms with Crippen LogP contribution < -0.4 is 10.3 Å². The van der Waals surface area contributed by atoms with Crippen molar-refractivity contribution in [3.63, 3.8) is 0 Å². The van der Waals surface area contributed by atoms with Gasteiger partial charge in [0.1, 0.15) is 11.6 Å². The number of nitrogens with zero attached hydrogens (tertiary/aromatic N) is 3. The van der Waals surface area contributed by atoms with Crippen LogP contribution in [0.2, 0.25) is 0 Å². The van der Waals surface area contributed by atoms with Gasteiger partial charge in [-0.05, 0) is 75.0 Å². The van der Waals surface area contributed by atoms with E-state index in [0.29, 0.717) is 18.6 Å². The molecule has 3 heterocycles. The summed E-state index contributed by atoms with van der Waals surface area (Å²) >= 11 is 0. The number of rotatable bonds is 10. The summed E-state index contributed by atoms with van der Waals surface area (Å²) in [4.78, 5) is 26.6. The SMILES string of the molecule is Cc1ccc(Cc2cnc(CCCCOc3ccc(CN4CCCCC4)cc3)[nH]c2=O)cn1. The molecule has 1 aliphatic heterocycles. The van der Waals surface area contributed by atoms with Gasteiger partial charge in [0.05, 0.1) is 6.61 Å². The summed E-state index contributed by atoms with van der Waals surface area (Å²) in [5.74, 6) is 1.65. The second-order valence-corrected chi connectivity index (χ2v) is 8.96. The smallest absolute Gasteiger partial charge is 0.254 e. The Morgan fingerprint density at radius 1 is 0.939 bits per heavy atom. The molecule has 0 saturated carbocycles. The molecule has 1 N–H and O–H groups in total. The Balaban J connectivity index is 1.16. The molecule has 6 nitrogen and oxygen atoms in total. The van der Waals surface area contributed by atoms with Crippen molar-refractivity contribution in [2.75, 3.05) is 19.7 Å². The molecule has 0 unspecified atom stereocenters. The first kappa shape index (κ1) is 23.2. The van der Waals surface area contributed by atoms with Crippen LogP contribution in [-0.4, -0.2) is 39.5 Å². The van der Waals surface area contributed by atoms with Gasteiger partial charge in [-0.3, -0.25) is 14.7 Å². The molecule has 0 spiro atoms. The van der Waals surface area contributed by atoms with E-state index in [4.69, 9.17) is 4.74 Å². The van der Waals surface area contributed by atoms with E-state index in [-0.39, 0.29) is 5.56 Å². The number of pyridine rings is 1. The molecule has 33 heavy (non-hydrogen) atoms. The molecule has 174 valence electrons. The van der Waals surface area contributed by atoms with Crippen molar-refractivity contribution in [2.45, 2.75) is 58.4 Å². The number of unbranched alkanes of at least 4 members (excludes halogenated alkanes) is 1. The Hall–Kier alpha value is -2.99. The molecular weight excluding hydrogens is 412 g/mol. The van der Waals surface area contributed by atoms with E-state index in [1.165, 1.54) is 37.9 Å². The molecule has 1 aromatic carbocycles. The lowest BCUT2D eigenvalue weighted by atomic mass is 10.1. The van der Waals surface area contributed by atoms with Gasteiger partial charge in [0, 0.05) is 43.0 Å². The van der Waals surface area contributed by atoms with E-state index in [0.717, 1.165) is 48.6 Å². The van der Waals surface area contributed by atoms with Crippen molar-refractivity contribution < 1.29 is 4.74 Å². The van der Waals surface area contributed by atoms with Crippen LogP contribution in [0.4, 0.5) is 0 Å². The highest BCUT2D eigenvalue weighted by Gasteiger charge is 2.10. The Morgan fingerprint density at radius 3 is 2.45 bits per heavy atom. The molecular formula is C27H34N4O2. The van der Waals surface area contributed by atoms with Crippen molar-refractivity contribution in [3.05, 3.63) is 87.4 Å². The van der Waals surface area contributed by atoms with E-state index in [1.807, 2.05) is 25.3 Å². The van der Waals surface area contributed by atoms with Gasteiger partial charge in [-0.15, -0.1) is 0 Å². The third-order valence-corrected chi connectivity index (χ3v) is 6.15. The fourth-order valence-electron chi connectivity index (χ4n) is 4.19. The number of benzene rings is 1. The number of aryl methyl sites for hydroxylation is 2. The third-order valence-electron chi connectivity index (χ3n) is 6.15. The van der Waals surface area contributed by atoms with Gasteiger partial charge in [0.15, 0.2) is 0 Å². The van der Waals surface area contributed by atoms with Crippen LogP contribution in [0, 0.1) is 6.92 Å². The molecule has 1 fully saturated rings. The molecule has 1 aliphatic rings. The molecule has 2 aromatic heterocycles. The quantitative estimate of drug-likeness (QED) is 0.466. The number of piperidine rings is 1. The summed E-state index contributed by atoms with van der Waals surface area (Å²) in [6.07, 6.45) is 10.6. The van der Waals surface area contributed by atoms with Gasteiger partial charge >= 0.3 is 0 Å². The Labute approximate surface area is 196 Å². The minimum atomic E-state index is -0.0681. The second kappa shape index (κ2) is 11.8. The normalized spacial score (nSPS) is 14.3. The summed E-state index contributed by atoms with van der Waals surface area (Å²) < 4.78 is 5.89. The third kappa shape index (κ3) is 7.26. The van der Waals surface area contributed by atoms with Crippen LogP contribution in [0.5, 0.6) is 5.75 Å². The molecule has 0 atom stereocenters. The van der Waals surface area contributed by atoms with Gasteiger partial charge in [0.25, 0.3) is 5.56 Å². The lowest BCUT2D eigenvalue weighted by Crippen LogP contribution is -2.28. The van der Waals surface area contributed by atoms with Crippen molar-refractivity contribution in [1.82, 2.24) is 19.9 Å². The van der Waals surface area contributed by atoms with Crippen molar-refractivity contribution >= 4 is 0 Å². The van der Waals surface area contributed by atoms with Crippen LogP contribution >= 0.6 is 0 Å². The second-order valence-electron chi connectivity index (χ2n) is 8.96. The van der Waals surface area contributed by atoms with Gasteiger partial charge in [0.2, 0.25) is 0 Å². The number of likely N-dealkylation sites (tertiary alicyclic amines) is 1. The highest BCUT2D eigenvalue weighted by atomic mass is 16.5. The van der Waals surface area contributed by atoms with Gasteiger partial charge in [-0.1, -0.05) is 24.6 Å². The summed E-state index contributed by atoms with van der Waals surface area (Å²) in [7, 11) is 0. The van der Waals surface area contributed by atoms with Crippen LogP contribution in [0.25, 0.3) is 0 Å². The Kier molecular flexibility index (Phi) is 8.25. The Morgan fingerprint density at radius 2 is 1.73 bits per heavy atom. The predicted molar refractivity (Wildman–Crippen MR) is 131 cm³/mol. The Bertz CT molecular complexity index is 1050. The number of hydrogen-bond acceptors (Lipinski definition) is 5. The van der Waals surface area contributed by atoms with Gasteiger partial charge < -0.3 is 9.72 Å². The highest BCUT2D eigenvalue weighted by molar-refractivity contribution is 5.27. The molecule has 4 rings (SSSR count). The van der Waals surface area contributed by atoms with Crippen LogP contribution in [-0.2, 0) is 19.4 Å². The minimum Gasteiger partial charge on any atom is -0.494 e. The molecule has 6 heteroatoms. The predicted octanol–water partition coefficient (Wildman–Crippen LogP) is 4.45. The van der Waals surface area contributed by atoms with E-state index in [9.17, 15) is 4.79 Å². The van der Waals surface area contributed by atoms with Crippen molar-refractivity contribution in [1.29, 1.82) is 0 Å². The lowest BCUT2D eigenvalue weighted by molar-refractivity contribution is 0.221. The number of nitrogens with one attached hydrogen (secondary N) is 1. The largest absolute Gasteiger partial charge is 0.494 e. The monoisotopic (exact) mass is 446 g/mol. The van der Waals surface area contributed by atoms with E-state index in [2.05, 4.69) is 44.1 Å². The molecule has 0 bridgehead atoms. The van der Waals surface area contributed by atoms with Crippen LogP contribution in [0.1, 0.15) is 60.3 Å². The number of aromatic amines is 1. The summed E-state index contributed by atoms with van der Waals surface area (Å²) in [5.41, 5.74) is 3.92. The van der Waals surface area contributed by atoms with Crippen molar-refractivity contribution in [3.8, 4) is 5.75 Å². The first-order valence-corrected chi connectivity index (χ1v) is 12.1. The first-order chi connectivity index (χ1) is 16.2. The highest BCUT2D eigenvalue weighted by Crippen LogP contribution is 2.17. The molecule has 0 radical (unpaired) electrons. The maximum Gasteiger partial charge on any atom is 0.254 e. The van der Waals surface area contributed by atoms with E-state index < -0.39 is 0 Å².